The lowest BCUT2D eigenvalue weighted by atomic mass is 9.99. The van der Waals surface area contributed by atoms with Gasteiger partial charge >= 0.3 is 0 Å². The minimum atomic E-state index is -4.26. The summed E-state index contributed by atoms with van der Waals surface area (Å²) in [5.41, 5.74) is 1.04. The lowest BCUT2D eigenvalue weighted by Gasteiger charge is -2.26. The Labute approximate surface area is 214 Å². The van der Waals surface area contributed by atoms with Crippen LogP contribution < -0.4 is 5.32 Å². The molecule has 0 bridgehead atoms. The molecule has 0 saturated carbocycles. The van der Waals surface area contributed by atoms with Crippen LogP contribution in [0, 0.1) is 17.5 Å². The molecule has 0 aliphatic carbocycles. The van der Waals surface area contributed by atoms with Gasteiger partial charge in [0, 0.05) is 43.0 Å². The van der Waals surface area contributed by atoms with Crippen molar-refractivity contribution < 1.29 is 31.2 Å². The van der Waals surface area contributed by atoms with E-state index in [9.17, 15) is 31.2 Å². The second-order valence-corrected chi connectivity index (χ2v) is 10.6. The molecule has 1 amide bonds. The first-order chi connectivity index (χ1) is 18.1. The van der Waals surface area contributed by atoms with Gasteiger partial charge in [-0.2, -0.15) is 9.40 Å². The van der Waals surface area contributed by atoms with Crippen LogP contribution in [0.25, 0.3) is 0 Å². The first-order valence-electron chi connectivity index (χ1n) is 11.4. The van der Waals surface area contributed by atoms with Crippen LogP contribution in [0.1, 0.15) is 37.8 Å². The van der Waals surface area contributed by atoms with Gasteiger partial charge in [0.25, 0.3) is 5.91 Å². The number of fused-ring (bicyclic) bond motifs is 1. The number of nitrogens with zero attached hydrogens (tertiary/aromatic N) is 2. The van der Waals surface area contributed by atoms with E-state index in [2.05, 4.69) is 20.5 Å². The standard InChI is InChI=1S/C25H20F3N5O4S/c26-14-9-15(27)11-16(10-14)38(36,37)33-8-6-19-17(13-33)22(32-31-19)12-23(34)24-18(28)3-1-4-20(24)30-25(35)21-5-2-7-29-21/h1-5,7,9-11,29H,6,8,12-13H2,(H,30,35)(H,31,32). The zero-order valence-corrected chi connectivity index (χ0v) is 20.4. The van der Waals surface area contributed by atoms with Gasteiger partial charge in [-0.05, 0) is 36.4 Å². The first-order valence-corrected chi connectivity index (χ1v) is 12.8. The highest BCUT2D eigenvalue weighted by Gasteiger charge is 2.32. The van der Waals surface area contributed by atoms with Crippen LogP contribution in [-0.4, -0.2) is 46.1 Å². The molecule has 0 atom stereocenters. The summed E-state index contributed by atoms with van der Waals surface area (Å²) in [5, 5.41) is 9.44. The van der Waals surface area contributed by atoms with Gasteiger partial charge in [0.1, 0.15) is 23.1 Å². The summed E-state index contributed by atoms with van der Waals surface area (Å²) in [4.78, 5) is 27.9. The predicted octanol–water partition coefficient (Wildman–Crippen LogP) is 3.58. The van der Waals surface area contributed by atoms with Gasteiger partial charge in [0.2, 0.25) is 10.0 Å². The quantitative estimate of drug-likeness (QED) is 0.307. The maximum atomic E-state index is 14.8. The van der Waals surface area contributed by atoms with E-state index in [0.717, 1.165) is 22.5 Å². The SMILES string of the molecule is O=C(Nc1cccc(F)c1C(=O)Cc1n[nH]c2c1CN(S(=O)(=O)c1cc(F)cc(F)c1)CC2)c1ccc[nH]1. The van der Waals surface area contributed by atoms with Gasteiger partial charge in [-0.15, -0.1) is 0 Å². The van der Waals surface area contributed by atoms with Crippen molar-refractivity contribution in [3.05, 3.63) is 100 Å². The van der Waals surface area contributed by atoms with E-state index < -0.39 is 44.1 Å². The van der Waals surface area contributed by atoms with Crippen molar-refractivity contribution in [1.82, 2.24) is 19.5 Å². The number of carbonyl (C=O) groups is 2. The molecule has 0 saturated heterocycles. The minimum absolute atomic E-state index is 0.0191. The monoisotopic (exact) mass is 543 g/mol. The Hall–Kier alpha value is -4.23. The summed E-state index contributed by atoms with van der Waals surface area (Å²) >= 11 is 0. The topological polar surface area (TPSA) is 128 Å². The number of nitrogens with one attached hydrogen (secondary N) is 3. The number of anilines is 1. The number of Topliss-reactive ketones (excluding diaryl/α,β-unsaturated/α-hetero) is 1. The molecule has 1 aliphatic rings. The highest BCUT2D eigenvalue weighted by atomic mass is 32.2. The highest BCUT2D eigenvalue weighted by molar-refractivity contribution is 7.89. The van der Waals surface area contributed by atoms with E-state index >= 15 is 0 Å². The molecule has 1 aliphatic heterocycles. The van der Waals surface area contributed by atoms with Crippen molar-refractivity contribution in [1.29, 1.82) is 0 Å². The normalized spacial score (nSPS) is 13.8. The third-order valence-electron chi connectivity index (χ3n) is 6.17. The molecule has 0 radical (unpaired) electrons. The number of benzene rings is 2. The smallest absolute Gasteiger partial charge is 0.272 e. The molecule has 5 rings (SSSR count). The van der Waals surface area contributed by atoms with Crippen LogP contribution in [0.2, 0.25) is 0 Å². The Kier molecular flexibility index (Phi) is 6.63. The summed E-state index contributed by atoms with van der Waals surface area (Å²) in [6.45, 7) is -0.187. The third-order valence-corrected chi connectivity index (χ3v) is 7.99. The van der Waals surface area contributed by atoms with E-state index in [4.69, 9.17) is 0 Å². The van der Waals surface area contributed by atoms with Gasteiger partial charge in [-0.3, -0.25) is 14.7 Å². The fraction of sp³-hybridized carbons (Fsp3) is 0.160. The minimum Gasteiger partial charge on any atom is -0.357 e. The Balaban J connectivity index is 1.39. The molecule has 13 heteroatoms. The second kappa shape index (κ2) is 9.91. The Morgan fingerprint density at radius 1 is 1.05 bits per heavy atom. The molecular weight excluding hydrogens is 523 g/mol. The van der Waals surface area contributed by atoms with Gasteiger partial charge < -0.3 is 10.3 Å². The van der Waals surface area contributed by atoms with Crippen molar-refractivity contribution in [3.8, 4) is 0 Å². The molecule has 0 fully saturated rings. The average Bonchev–Trinajstić information content (AvgIpc) is 3.54. The number of hydrogen-bond donors (Lipinski definition) is 3. The van der Waals surface area contributed by atoms with Crippen LogP contribution in [0.4, 0.5) is 18.9 Å². The fourth-order valence-electron chi connectivity index (χ4n) is 4.32. The molecule has 3 N–H and O–H groups in total. The largest absolute Gasteiger partial charge is 0.357 e. The zero-order valence-electron chi connectivity index (χ0n) is 19.6. The Morgan fingerprint density at radius 2 is 1.82 bits per heavy atom. The third kappa shape index (κ3) is 4.85. The van der Waals surface area contributed by atoms with E-state index in [1.165, 1.54) is 18.2 Å². The molecule has 9 nitrogen and oxygen atoms in total. The van der Waals surface area contributed by atoms with Crippen molar-refractivity contribution in [2.24, 2.45) is 0 Å². The summed E-state index contributed by atoms with van der Waals surface area (Å²) in [6, 6.07) is 9.00. The number of amides is 1. The molecule has 196 valence electrons. The second-order valence-electron chi connectivity index (χ2n) is 8.62. The fourth-order valence-corrected chi connectivity index (χ4v) is 5.77. The van der Waals surface area contributed by atoms with Crippen LogP contribution in [0.5, 0.6) is 0 Å². The predicted molar refractivity (Wildman–Crippen MR) is 129 cm³/mol. The van der Waals surface area contributed by atoms with Crippen LogP contribution in [-0.2, 0) is 29.4 Å². The Morgan fingerprint density at radius 3 is 2.53 bits per heavy atom. The van der Waals surface area contributed by atoms with Gasteiger partial charge in [-0.25, -0.2) is 21.6 Å². The molecule has 0 unspecified atom stereocenters. The number of halogens is 3. The zero-order chi connectivity index (χ0) is 27.0. The first kappa shape index (κ1) is 25.4. The van der Waals surface area contributed by atoms with E-state index in [1.807, 2.05) is 0 Å². The number of aromatic amines is 2. The number of hydrogen-bond acceptors (Lipinski definition) is 5. The number of H-pyrrole nitrogens is 2. The number of carbonyl (C=O) groups excluding carboxylic acids is 2. The molecule has 2 aromatic carbocycles. The molecule has 38 heavy (non-hydrogen) atoms. The van der Waals surface area contributed by atoms with Gasteiger partial charge in [0.05, 0.1) is 28.3 Å². The summed E-state index contributed by atoms with van der Waals surface area (Å²) in [7, 11) is -4.26. The lowest BCUT2D eigenvalue weighted by molar-refractivity contribution is 0.0988. The van der Waals surface area contributed by atoms with Crippen molar-refractivity contribution >= 4 is 27.4 Å². The number of ketones is 1. The highest BCUT2D eigenvalue weighted by Crippen LogP contribution is 2.28. The van der Waals surface area contributed by atoms with Crippen LogP contribution in [0.15, 0.2) is 59.6 Å². The van der Waals surface area contributed by atoms with Crippen molar-refractivity contribution in [3.63, 3.8) is 0 Å². The maximum Gasteiger partial charge on any atom is 0.272 e. The average molecular weight is 544 g/mol. The van der Waals surface area contributed by atoms with Crippen molar-refractivity contribution in [2.75, 3.05) is 11.9 Å². The van der Waals surface area contributed by atoms with Gasteiger partial charge in [-0.1, -0.05) is 6.07 Å². The summed E-state index contributed by atoms with van der Waals surface area (Å²) in [5.74, 6) is -4.16. The Bertz CT molecular complexity index is 1630. The van der Waals surface area contributed by atoms with Crippen LogP contribution >= 0.6 is 0 Å². The van der Waals surface area contributed by atoms with Crippen molar-refractivity contribution in [2.45, 2.75) is 24.3 Å². The summed E-state index contributed by atoms with van der Waals surface area (Å²) in [6.07, 6.45) is 1.37. The van der Waals surface area contributed by atoms with Gasteiger partial charge in [0.15, 0.2) is 5.78 Å². The molecule has 3 heterocycles. The van der Waals surface area contributed by atoms with Crippen LogP contribution in [0.3, 0.4) is 0 Å². The van der Waals surface area contributed by atoms with E-state index in [1.54, 1.807) is 12.3 Å². The molecular formula is C25H20F3N5O4S. The molecule has 4 aromatic rings. The number of aromatic nitrogens is 3. The lowest BCUT2D eigenvalue weighted by Crippen LogP contribution is -2.36. The number of rotatable bonds is 7. The van der Waals surface area contributed by atoms with E-state index in [0.29, 0.717) is 17.3 Å². The summed E-state index contributed by atoms with van der Waals surface area (Å²) < 4.78 is 69.3. The maximum absolute atomic E-state index is 14.8. The number of sulfonamides is 1. The van der Waals surface area contributed by atoms with E-state index in [-0.39, 0.29) is 48.6 Å². The molecule has 2 aromatic heterocycles. The molecule has 0 spiro atoms.